The van der Waals surface area contributed by atoms with Crippen molar-refractivity contribution in [3.63, 3.8) is 0 Å². The Kier molecular flexibility index (Phi) is 3.25. The van der Waals surface area contributed by atoms with Crippen LogP contribution in [0, 0.1) is 0 Å². The summed E-state index contributed by atoms with van der Waals surface area (Å²) < 4.78 is 40.3. The molecule has 0 fully saturated rings. The van der Waals surface area contributed by atoms with Gasteiger partial charge >= 0.3 is 6.18 Å². The number of aliphatic hydroxyl groups excluding tert-OH is 1. The molecule has 0 aliphatic carbocycles. The van der Waals surface area contributed by atoms with Crippen LogP contribution in [0.3, 0.4) is 0 Å². The quantitative estimate of drug-likeness (QED) is 0.763. The van der Waals surface area contributed by atoms with Crippen molar-refractivity contribution in [1.29, 1.82) is 0 Å². The van der Waals surface area contributed by atoms with Gasteiger partial charge in [-0.25, -0.2) is 4.68 Å². The number of phenolic OH excluding ortho intramolecular Hbond substituents is 1. The molecule has 0 saturated carbocycles. The summed E-state index contributed by atoms with van der Waals surface area (Å²) >= 11 is 0. The molecule has 0 radical (unpaired) electrons. The van der Waals surface area contributed by atoms with Crippen molar-refractivity contribution in [3.05, 3.63) is 47.8 Å². The summed E-state index contributed by atoms with van der Waals surface area (Å²) in [6.07, 6.45) is -4.72. The van der Waals surface area contributed by atoms with Gasteiger partial charge in [0.05, 0.1) is 12.3 Å². The summed E-state index contributed by atoms with van der Waals surface area (Å²) in [5.74, 6) is -0.0459. The van der Waals surface area contributed by atoms with Gasteiger partial charge in [0.2, 0.25) is 0 Å². The molecule has 0 aliphatic heterocycles. The molecule has 1 aromatic heterocycles. The molecule has 3 rings (SSSR count). The van der Waals surface area contributed by atoms with Crippen LogP contribution in [-0.2, 0) is 12.8 Å². The number of nitrogens with zero attached hydrogens (tertiary/aromatic N) is 3. The monoisotopic (exact) mass is 309 g/mol. The molecule has 1 heterocycles. The molecule has 0 bridgehead atoms. The van der Waals surface area contributed by atoms with Gasteiger partial charge in [-0.2, -0.15) is 13.2 Å². The number of aromatic nitrogens is 3. The number of alkyl halides is 3. The highest BCUT2D eigenvalue weighted by atomic mass is 19.4. The summed E-state index contributed by atoms with van der Waals surface area (Å²) in [5, 5.41) is 26.5. The molecule has 22 heavy (non-hydrogen) atoms. The standard InChI is InChI=1S/C14H10F3N3O2/c15-14(16,17)13-10(7-21)18-19-20(13)11-5-1-4-9-8(11)3-2-6-12(9)22/h1-6,21-22H,7H2. The summed E-state index contributed by atoms with van der Waals surface area (Å²) in [6.45, 7) is -0.870. The molecule has 8 heteroatoms. The number of phenols is 1. The minimum absolute atomic E-state index is 0.0459. The molecule has 0 saturated heterocycles. The first-order valence-corrected chi connectivity index (χ1v) is 6.27. The number of hydrogen-bond donors (Lipinski definition) is 2. The molecule has 3 aromatic rings. The maximum Gasteiger partial charge on any atom is 0.435 e. The van der Waals surface area contributed by atoms with Crippen LogP contribution in [0.1, 0.15) is 11.4 Å². The lowest BCUT2D eigenvalue weighted by molar-refractivity contribution is -0.143. The van der Waals surface area contributed by atoms with Crippen LogP contribution >= 0.6 is 0 Å². The first-order valence-electron chi connectivity index (χ1n) is 6.27. The maximum atomic E-state index is 13.2. The zero-order valence-electron chi connectivity index (χ0n) is 11.0. The van der Waals surface area contributed by atoms with Gasteiger partial charge in [0.15, 0.2) is 5.69 Å². The Balaban J connectivity index is 2.34. The second-order valence-electron chi connectivity index (χ2n) is 4.60. The molecule has 114 valence electrons. The number of fused-ring (bicyclic) bond motifs is 1. The average Bonchev–Trinajstić information content (AvgIpc) is 2.91. The van der Waals surface area contributed by atoms with Crippen molar-refractivity contribution in [2.24, 2.45) is 0 Å². The fourth-order valence-corrected chi connectivity index (χ4v) is 2.33. The zero-order chi connectivity index (χ0) is 15.9. The third-order valence-electron chi connectivity index (χ3n) is 3.26. The molecule has 0 aliphatic rings. The minimum atomic E-state index is -4.72. The zero-order valence-corrected chi connectivity index (χ0v) is 11.0. The molecule has 2 aromatic carbocycles. The number of halogens is 3. The Morgan fingerprint density at radius 1 is 1.05 bits per heavy atom. The molecular weight excluding hydrogens is 299 g/mol. The predicted octanol–water partition coefficient (Wildman–Crippen LogP) is 2.64. The number of benzene rings is 2. The fraction of sp³-hybridized carbons (Fsp3) is 0.143. The highest BCUT2D eigenvalue weighted by Crippen LogP contribution is 2.35. The maximum absolute atomic E-state index is 13.2. The van der Waals surface area contributed by atoms with Crippen LogP contribution < -0.4 is 0 Å². The third kappa shape index (κ3) is 2.17. The van der Waals surface area contributed by atoms with Gasteiger partial charge in [0.25, 0.3) is 0 Å². The van der Waals surface area contributed by atoms with Gasteiger partial charge in [-0.1, -0.05) is 29.5 Å². The smallest absolute Gasteiger partial charge is 0.435 e. The number of hydrogen-bond acceptors (Lipinski definition) is 4. The van der Waals surface area contributed by atoms with Gasteiger partial charge in [-0.15, -0.1) is 5.10 Å². The van der Waals surface area contributed by atoms with Crippen molar-refractivity contribution < 1.29 is 23.4 Å². The highest BCUT2D eigenvalue weighted by molar-refractivity contribution is 5.94. The van der Waals surface area contributed by atoms with Crippen LogP contribution in [-0.4, -0.2) is 25.2 Å². The van der Waals surface area contributed by atoms with E-state index in [4.69, 9.17) is 5.11 Å². The number of aromatic hydroxyl groups is 1. The van der Waals surface area contributed by atoms with Crippen molar-refractivity contribution in [1.82, 2.24) is 15.0 Å². The van der Waals surface area contributed by atoms with Crippen molar-refractivity contribution in [3.8, 4) is 11.4 Å². The molecule has 0 spiro atoms. The van der Waals surface area contributed by atoms with Gasteiger partial charge in [-0.3, -0.25) is 0 Å². The second-order valence-corrected chi connectivity index (χ2v) is 4.60. The molecule has 2 N–H and O–H groups in total. The van der Waals surface area contributed by atoms with E-state index in [9.17, 15) is 18.3 Å². The molecule has 5 nitrogen and oxygen atoms in total. The van der Waals surface area contributed by atoms with E-state index in [0.29, 0.717) is 15.5 Å². The topological polar surface area (TPSA) is 71.2 Å². The Labute approximate surface area is 122 Å². The van der Waals surface area contributed by atoms with Crippen LogP contribution in [0.25, 0.3) is 16.5 Å². The normalized spacial score (nSPS) is 12.0. The van der Waals surface area contributed by atoms with Gasteiger partial charge < -0.3 is 10.2 Å². The van der Waals surface area contributed by atoms with Crippen molar-refractivity contribution in [2.75, 3.05) is 0 Å². The fourth-order valence-electron chi connectivity index (χ4n) is 2.33. The van der Waals surface area contributed by atoms with Gasteiger partial charge in [-0.05, 0) is 12.1 Å². The first kappa shape index (κ1) is 14.3. The Hall–Kier alpha value is -2.61. The highest BCUT2D eigenvalue weighted by Gasteiger charge is 2.39. The van der Waals surface area contributed by atoms with E-state index in [-0.39, 0.29) is 11.4 Å². The van der Waals surface area contributed by atoms with Gasteiger partial charge in [0.1, 0.15) is 11.4 Å². The Bertz CT molecular complexity index is 843. The third-order valence-corrected chi connectivity index (χ3v) is 3.26. The number of aliphatic hydroxyl groups is 1. The van der Waals surface area contributed by atoms with Crippen LogP contribution in [0.2, 0.25) is 0 Å². The molecule has 0 amide bonds. The largest absolute Gasteiger partial charge is 0.507 e. The van der Waals surface area contributed by atoms with E-state index >= 15 is 0 Å². The summed E-state index contributed by atoms with van der Waals surface area (Å²) in [6, 6.07) is 9.08. The lowest BCUT2D eigenvalue weighted by Gasteiger charge is -2.13. The van der Waals surface area contributed by atoms with Crippen LogP contribution in [0.5, 0.6) is 5.75 Å². The van der Waals surface area contributed by atoms with Crippen molar-refractivity contribution in [2.45, 2.75) is 12.8 Å². The Morgan fingerprint density at radius 2 is 1.73 bits per heavy atom. The predicted molar refractivity (Wildman–Crippen MR) is 71.5 cm³/mol. The number of rotatable bonds is 2. The first-order chi connectivity index (χ1) is 10.4. The lowest BCUT2D eigenvalue weighted by atomic mass is 10.1. The molecule has 0 atom stereocenters. The molecular formula is C14H10F3N3O2. The summed E-state index contributed by atoms with van der Waals surface area (Å²) in [4.78, 5) is 0. The summed E-state index contributed by atoms with van der Waals surface area (Å²) in [5.41, 5.74) is -1.57. The van der Waals surface area contributed by atoms with Gasteiger partial charge in [0, 0.05) is 10.8 Å². The van der Waals surface area contributed by atoms with Crippen LogP contribution in [0.15, 0.2) is 36.4 Å². The van der Waals surface area contributed by atoms with E-state index < -0.39 is 24.2 Å². The second kappa shape index (κ2) is 4.99. The van der Waals surface area contributed by atoms with E-state index in [2.05, 4.69) is 10.3 Å². The van der Waals surface area contributed by atoms with E-state index in [1.165, 1.54) is 24.3 Å². The van der Waals surface area contributed by atoms with Crippen LogP contribution in [0.4, 0.5) is 13.2 Å². The minimum Gasteiger partial charge on any atom is -0.507 e. The molecule has 0 unspecified atom stereocenters. The lowest BCUT2D eigenvalue weighted by Crippen LogP contribution is -2.15. The average molecular weight is 309 g/mol. The van der Waals surface area contributed by atoms with E-state index in [1.54, 1.807) is 12.1 Å². The Morgan fingerprint density at radius 3 is 2.41 bits per heavy atom. The van der Waals surface area contributed by atoms with Crippen molar-refractivity contribution >= 4 is 10.8 Å². The SMILES string of the molecule is OCc1nnn(-c2cccc3c(O)cccc23)c1C(F)(F)F. The van der Waals surface area contributed by atoms with E-state index in [0.717, 1.165) is 0 Å². The summed E-state index contributed by atoms with van der Waals surface area (Å²) in [7, 11) is 0. The van der Waals surface area contributed by atoms with E-state index in [1.807, 2.05) is 0 Å².